The number of piperidine rings is 1. The third-order valence-corrected chi connectivity index (χ3v) is 4.77. The molecule has 0 spiro atoms. The molecule has 0 aromatic carbocycles. The van der Waals surface area contributed by atoms with Gasteiger partial charge in [0.15, 0.2) is 0 Å². The number of nitrogens with one attached hydrogen (secondary N) is 2. The Balaban J connectivity index is 1.71. The molecule has 24 heavy (non-hydrogen) atoms. The second-order valence-electron chi connectivity index (χ2n) is 6.74. The Labute approximate surface area is 139 Å². The summed E-state index contributed by atoms with van der Waals surface area (Å²) in [6.45, 7) is 1.53. The molecule has 138 valence electrons. The zero-order chi connectivity index (χ0) is 17.7. The summed E-state index contributed by atoms with van der Waals surface area (Å²) in [5.41, 5.74) is 5.14. The van der Waals surface area contributed by atoms with E-state index in [-0.39, 0.29) is 31.3 Å². The third kappa shape index (κ3) is 5.85. The van der Waals surface area contributed by atoms with Crippen LogP contribution in [0.3, 0.4) is 0 Å². The molecular weight excluding hydrogens is 325 g/mol. The summed E-state index contributed by atoms with van der Waals surface area (Å²) in [5, 5.41) is 5.49. The van der Waals surface area contributed by atoms with E-state index in [2.05, 4.69) is 10.6 Å². The third-order valence-electron chi connectivity index (χ3n) is 4.77. The fourth-order valence-corrected chi connectivity index (χ4v) is 3.49. The van der Waals surface area contributed by atoms with Gasteiger partial charge < -0.3 is 16.4 Å². The zero-order valence-corrected chi connectivity index (χ0v) is 13.6. The van der Waals surface area contributed by atoms with Crippen molar-refractivity contribution in [3.63, 3.8) is 0 Å². The molecule has 2 aliphatic rings. The first kappa shape index (κ1) is 18.8. The predicted octanol–water partition coefficient (Wildman–Crippen LogP) is 1.36. The van der Waals surface area contributed by atoms with Crippen LogP contribution in [0, 0.1) is 5.92 Å². The van der Waals surface area contributed by atoms with Gasteiger partial charge in [-0.05, 0) is 32.1 Å². The molecule has 2 rings (SSSR count). The van der Waals surface area contributed by atoms with E-state index in [0.29, 0.717) is 38.8 Å². The maximum atomic E-state index is 12.8. The number of primary amides is 1. The van der Waals surface area contributed by atoms with Crippen LogP contribution in [0.2, 0.25) is 0 Å². The number of nitrogens with zero attached hydrogens (tertiary/aromatic N) is 1. The van der Waals surface area contributed by atoms with Gasteiger partial charge in [-0.15, -0.1) is 0 Å². The van der Waals surface area contributed by atoms with Crippen molar-refractivity contribution in [2.75, 3.05) is 19.6 Å². The SMILES string of the molecule is NC(=O)CN1CCC(NC(=O)N[C@@H]2CCC[C@@H](C(F)(F)F)C2)CC1. The number of hydrogen-bond donors (Lipinski definition) is 3. The van der Waals surface area contributed by atoms with Crippen LogP contribution in [0.15, 0.2) is 0 Å². The van der Waals surface area contributed by atoms with E-state index < -0.39 is 24.2 Å². The van der Waals surface area contributed by atoms with Crippen molar-refractivity contribution in [1.29, 1.82) is 0 Å². The molecule has 0 radical (unpaired) electrons. The van der Waals surface area contributed by atoms with Gasteiger partial charge in [0.1, 0.15) is 0 Å². The van der Waals surface area contributed by atoms with Crippen molar-refractivity contribution >= 4 is 11.9 Å². The Morgan fingerprint density at radius 1 is 1.04 bits per heavy atom. The molecular formula is C15H25F3N4O2. The predicted molar refractivity (Wildman–Crippen MR) is 82.1 cm³/mol. The van der Waals surface area contributed by atoms with Gasteiger partial charge in [-0.3, -0.25) is 9.69 Å². The fourth-order valence-electron chi connectivity index (χ4n) is 3.49. The maximum Gasteiger partial charge on any atom is 0.391 e. The minimum absolute atomic E-state index is 0.0314. The van der Waals surface area contributed by atoms with Crippen molar-refractivity contribution < 1.29 is 22.8 Å². The number of carbonyl (C=O) groups excluding carboxylic acids is 2. The highest BCUT2D eigenvalue weighted by atomic mass is 19.4. The van der Waals surface area contributed by atoms with Crippen LogP contribution >= 0.6 is 0 Å². The Hall–Kier alpha value is -1.51. The van der Waals surface area contributed by atoms with E-state index in [0.717, 1.165) is 0 Å². The standard InChI is InChI=1S/C15H25F3N4O2/c16-15(17,18)10-2-1-3-12(8-10)21-14(24)20-11-4-6-22(7-5-11)9-13(19)23/h10-12H,1-9H2,(H2,19,23)(H2,20,21,24)/t10-,12-/m1/s1. The molecule has 0 aromatic heterocycles. The van der Waals surface area contributed by atoms with Crippen LogP contribution in [0.5, 0.6) is 0 Å². The van der Waals surface area contributed by atoms with Gasteiger partial charge in [-0.1, -0.05) is 6.42 Å². The van der Waals surface area contributed by atoms with E-state index in [4.69, 9.17) is 5.73 Å². The quantitative estimate of drug-likeness (QED) is 0.715. The maximum absolute atomic E-state index is 12.8. The molecule has 4 N–H and O–H groups in total. The van der Waals surface area contributed by atoms with Gasteiger partial charge in [0.25, 0.3) is 0 Å². The number of amides is 3. The summed E-state index contributed by atoms with van der Waals surface area (Å²) in [6.07, 6.45) is -1.66. The number of carbonyl (C=O) groups is 2. The lowest BCUT2D eigenvalue weighted by Gasteiger charge is -2.33. The van der Waals surface area contributed by atoms with E-state index >= 15 is 0 Å². The summed E-state index contributed by atoms with van der Waals surface area (Å²) >= 11 is 0. The number of hydrogen-bond acceptors (Lipinski definition) is 3. The number of halogens is 3. The highest BCUT2D eigenvalue weighted by Crippen LogP contribution is 2.37. The molecule has 1 saturated heterocycles. The topological polar surface area (TPSA) is 87.5 Å². The van der Waals surface area contributed by atoms with Gasteiger partial charge >= 0.3 is 12.2 Å². The molecule has 1 aliphatic heterocycles. The first-order valence-electron chi connectivity index (χ1n) is 8.38. The fraction of sp³-hybridized carbons (Fsp3) is 0.867. The highest BCUT2D eigenvalue weighted by molar-refractivity contribution is 5.76. The summed E-state index contributed by atoms with van der Waals surface area (Å²) in [4.78, 5) is 24.8. The minimum atomic E-state index is -4.19. The number of alkyl halides is 3. The Morgan fingerprint density at radius 3 is 2.25 bits per heavy atom. The summed E-state index contributed by atoms with van der Waals surface area (Å²) in [5.74, 6) is -1.70. The molecule has 1 aliphatic carbocycles. The van der Waals surface area contributed by atoms with E-state index in [1.807, 2.05) is 4.90 Å². The molecule has 1 heterocycles. The molecule has 3 amide bonds. The molecule has 1 saturated carbocycles. The van der Waals surface area contributed by atoms with Crippen molar-refractivity contribution in [2.24, 2.45) is 11.7 Å². The van der Waals surface area contributed by atoms with Gasteiger partial charge in [0, 0.05) is 25.2 Å². The average Bonchev–Trinajstić information content (AvgIpc) is 2.48. The van der Waals surface area contributed by atoms with Crippen molar-refractivity contribution in [3.8, 4) is 0 Å². The normalized spacial score (nSPS) is 26.8. The van der Waals surface area contributed by atoms with Gasteiger partial charge in [-0.25, -0.2) is 4.79 Å². The molecule has 9 heteroatoms. The van der Waals surface area contributed by atoms with Gasteiger partial charge in [0.2, 0.25) is 5.91 Å². The van der Waals surface area contributed by atoms with Crippen LogP contribution in [0.4, 0.5) is 18.0 Å². The van der Waals surface area contributed by atoms with Crippen LogP contribution in [0.1, 0.15) is 38.5 Å². The van der Waals surface area contributed by atoms with Crippen LogP contribution in [-0.2, 0) is 4.79 Å². The molecule has 0 bridgehead atoms. The van der Waals surface area contributed by atoms with E-state index in [9.17, 15) is 22.8 Å². The van der Waals surface area contributed by atoms with Crippen molar-refractivity contribution in [1.82, 2.24) is 15.5 Å². The summed E-state index contributed by atoms with van der Waals surface area (Å²) in [7, 11) is 0. The molecule has 0 aromatic rings. The summed E-state index contributed by atoms with van der Waals surface area (Å²) in [6, 6.07) is -0.868. The number of nitrogens with two attached hydrogens (primary N) is 1. The Morgan fingerprint density at radius 2 is 1.67 bits per heavy atom. The largest absolute Gasteiger partial charge is 0.391 e. The van der Waals surface area contributed by atoms with Crippen LogP contribution in [0.25, 0.3) is 0 Å². The number of urea groups is 1. The van der Waals surface area contributed by atoms with E-state index in [1.165, 1.54) is 0 Å². The highest BCUT2D eigenvalue weighted by Gasteiger charge is 2.42. The van der Waals surface area contributed by atoms with E-state index in [1.54, 1.807) is 0 Å². The smallest absolute Gasteiger partial charge is 0.369 e. The van der Waals surface area contributed by atoms with Crippen LogP contribution < -0.4 is 16.4 Å². The molecule has 0 unspecified atom stereocenters. The van der Waals surface area contributed by atoms with Crippen LogP contribution in [-0.4, -0.2) is 54.7 Å². The lowest BCUT2D eigenvalue weighted by Crippen LogP contribution is -2.51. The Kier molecular flexibility index (Phi) is 6.31. The Bertz CT molecular complexity index is 450. The average molecular weight is 350 g/mol. The summed E-state index contributed by atoms with van der Waals surface area (Å²) < 4.78 is 38.4. The number of rotatable bonds is 4. The first-order valence-corrected chi connectivity index (χ1v) is 8.38. The minimum Gasteiger partial charge on any atom is -0.369 e. The van der Waals surface area contributed by atoms with Crippen molar-refractivity contribution in [3.05, 3.63) is 0 Å². The molecule has 2 fully saturated rings. The monoisotopic (exact) mass is 350 g/mol. The second kappa shape index (κ2) is 8.04. The molecule has 6 nitrogen and oxygen atoms in total. The second-order valence-corrected chi connectivity index (χ2v) is 6.74. The lowest BCUT2D eigenvalue weighted by atomic mass is 9.85. The first-order chi connectivity index (χ1) is 11.2. The lowest BCUT2D eigenvalue weighted by molar-refractivity contribution is -0.183. The number of likely N-dealkylation sites (tertiary alicyclic amines) is 1. The molecule has 2 atom stereocenters. The van der Waals surface area contributed by atoms with Gasteiger partial charge in [-0.2, -0.15) is 13.2 Å². The zero-order valence-electron chi connectivity index (χ0n) is 13.6. The van der Waals surface area contributed by atoms with Gasteiger partial charge in [0.05, 0.1) is 12.5 Å². The van der Waals surface area contributed by atoms with Crippen molar-refractivity contribution in [2.45, 2.75) is 56.8 Å².